The summed E-state index contributed by atoms with van der Waals surface area (Å²) in [7, 11) is 0. The molecule has 90 valence electrons. The Morgan fingerprint density at radius 2 is 1.47 bits per heavy atom. The predicted octanol–water partition coefficient (Wildman–Crippen LogP) is 2.34. The van der Waals surface area contributed by atoms with E-state index in [1.54, 1.807) is 0 Å². The van der Waals surface area contributed by atoms with Crippen LogP contribution in [0.15, 0.2) is 12.1 Å². The first-order valence-electron chi connectivity index (χ1n) is 5.47. The predicted molar refractivity (Wildman–Crippen MR) is 65.3 cm³/mol. The molecule has 0 heterocycles. The van der Waals surface area contributed by atoms with Gasteiger partial charge in [-0.3, -0.25) is 14.4 Å². The van der Waals surface area contributed by atoms with E-state index >= 15 is 0 Å². The summed E-state index contributed by atoms with van der Waals surface area (Å²) in [6.45, 7) is 6.82. The molecule has 0 aliphatic rings. The van der Waals surface area contributed by atoms with Crippen molar-refractivity contribution in [1.82, 2.24) is 0 Å². The van der Waals surface area contributed by atoms with Crippen molar-refractivity contribution >= 4 is 17.3 Å². The van der Waals surface area contributed by atoms with E-state index in [2.05, 4.69) is 0 Å². The van der Waals surface area contributed by atoms with Crippen molar-refractivity contribution in [3.05, 3.63) is 34.4 Å². The lowest BCUT2D eigenvalue weighted by atomic mass is 9.94. The number of Topliss-reactive ketones (excluding diaryl/α,β-unsaturated/α-hetero) is 3. The number of benzene rings is 1. The normalized spacial score (nSPS) is 10.1. The highest BCUT2D eigenvalue weighted by Gasteiger charge is 2.18. The summed E-state index contributed by atoms with van der Waals surface area (Å²) >= 11 is 0. The highest BCUT2D eigenvalue weighted by molar-refractivity contribution is 6.40. The van der Waals surface area contributed by atoms with Crippen LogP contribution in [0.3, 0.4) is 0 Å². The fourth-order valence-corrected chi connectivity index (χ4v) is 1.98. The lowest BCUT2D eigenvalue weighted by Crippen LogP contribution is -2.16. The molecule has 3 nitrogen and oxygen atoms in total. The molecule has 0 unspecified atom stereocenters. The van der Waals surface area contributed by atoms with Gasteiger partial charge >= 0.3 is 0 Å². The highest BCUT2D eigenvalue weighted by atomic mass is 16.2. The molecule has 1 aromatic carbocycles. The maximum absolute atomic E-state index is 11.9. The molecule has 0 aliphatic heterocycles. The largest absolute Gasteiger partial charge is 0.294 e. The Hall–Kier alpha value is -1.77. The molecular formula is C14H16O3. The van der Waals surface area contributed by atoms with Crippen molar-refractivity contribution < 1.29 is 14.4 Å². The van der Waals surface area contributed by atoms with E-state index < -0.39 is 11.6 Å². The van der Waals surface area contributed by atoms with E-state index in [-0.39, 0.29) is 12.2 Å². The van der Waals surface area contributed by atoms with Crippen LogP contribution in [0.1, 0.15) is 40.4 Å². The Morgan fingerprint density at radius 3 is 1.88 bits per heavy atom. The first kappa shape index (κ1) is 13.3. The average Bonchev–Trinajstić information content (AvgIpc) is 2.15. The molecule has 0 spiro atoms. The molecule has 0 aromatic heterocycles. The molecule has 0 amide bonds. The molecular weight excluding hydrogens is 216 g/mol. The zero-order valence-electron chi connectivity index (χ0n) is 10.6. The van der Waals surface area contributed by atoms with Crippen LogP contribution < -0.4 is 0 Å². The number of carbonyl (C=O) groups excluding carboxylic acids is 3. The third kappa shape index (κ3) is 3.09. The van der Waals surface area contributed by atoms with Crippen molar-refractivity contribution in [2.24, 2.45) is 0 Å². The molecule has 0 saturated carbocycles. The number of hydrogen-bond donors (Lipinski definition) is 0. The van der Waals surface area contributed by atoms with Crippen LogP contribution in [-0.2, 0) is 9.59 Å². The minimum atomic E-state index is -0.630. The lowest BCUT2D eigenvalue weighted by Gasteiger charge is -2.09. The average molecular weight is 232 g/mol. The Kier molecular flexibility index (Phi) is 3.94. The smallest absolute Gasteiger partial charge is 0.205 e. The van der Waals surface area contributed by atoms with Gasteiger partial charge in [-0.1, -0.05) is 17.7 Å². The van der Waals surface area contributed by atoms with Crippen molar-refractivity contribution in [3.63, 3.8) is 0 Å². The first-order chi connectivity index (χ1) is 7.82. The molecule has 0 aliphatic carbocycles. The Bertz CT molecular complexity index is 475. The summed E-state index contributed by atoms with van der Waals surface area (Å²) in [5.41, 5.74) is 3.34. The third-order valence-corrected chi connectivity index (χ3v) is 2.67. The maximum atomic E-state index is 11.9. The summed E-state index contributed by atoms with van der Waals surface area (Å²) in [4.78, 5) is 34.0. The second kappa shape index (κ2) is 5.04. The second-order valence-electron chi connectivity index (χ2n) is 4.35. The molecule has 0 saturated heterocycles. The Labute approximate surface area is 101 Å². The van der Waals surface area contributed by atoms with Gasteiger partial charge in [0.2, 0.25) is 5.78 Å². The zero-order valence-corrected chi connectivity index (χ0v) is 10.6. The number of aryl methyl sites for hydroxylation is 3. The molecule has 0 bridgehead atoms. The van der Waals surface area contributed by atoms with E-state index in [0.717, 1.165) is 16.7 Å². The maximum Gasteiger partial charge on any atom is 0.205 e. The summed E-state index contributed by atoms with van der Waals surface area (Å²) in [6, 6.07) is 3.80. The monoisotopic (exact) mass is 232 g/mol. The number of ketones is 3. The minimum Gasteiger partial charge on any atom is -0.294 e. The van der Waals surface area contributed by atoms with Gasteiger partial charge in [-0.15, -0.1) is 0 Å². The highest BCUT2D eigenvalue weighted by Crippen LogP contribution is 2.18. The van der Waals surface area contributed by atoms with Gasteiger partial charge in [-0.2, -0.15) is 0 Å². The minimum absolute atomic E-state index is 0.278. The van der Waals surface area contributed by atoms with Gasteiger partial charge in [0, 0.05) is 12.5 Å². The van der Waals surface area contributed by atoms with Gasteiger partial charge in [0.1, 0.15) is 0 Å². The van der Waals surface area contributed by atoms with Crippen LogP contribution in [0.2, 0.25) is 0 Å². The quantitative estimate of drug-likeness (QED) is 0.455. The first-order valence-corrected chi connectivity index (χ1v) is 5.47. The van der Waals surface area contributed by atoms with E-state index in [1.165, 1.54) is 6.92 Å². The van der Waals surface area contributed by atoms with Crippen LogP contribution in [0, 0.1) is 20.8 Å². The molecule has 0 atom stereocenters. The summed E-state index contributed by atoms with van der Waals surface area (Å²) in [5.74, 6) is -1.48. The van der Waals surface area contributed by atoms with Crippen molar-refractivity contribution in [1.29, 1.82) is 0 Å². The fraction of sp³-hybridized carbons (Fsp3) is 0.357. The lowest BCUT2D eigenvalue weighted by molar-refractivity contribution is -0.134. The Balaban J connectivity index is 3.05. The topological polar surface area (TPSA) is 51.2 Å². The SMILES string of the molecule is CC(=O)C(=O)CC(=O)c1c(C)cc(C)cc1C. The van der Waals surface area contributed by atoms with Crippen molar-refractivity contribution in [2.75, 3.05) is 0 Å². The molecule has 0 fully saturated rings. The van der Waals surface area contributed by atoms with Gasteiger partial charge in [0.05, 0.1) is 6.42 Å². The fourth-order valence-electron chi connectivity index (χ4n) is 1.98. The van der Waals surface area contributed by atoms with Crippen LogP contribution in [0.25, 0.3) is 0 Å². The van der Waals surface area contributed by atoms with Crippen molar-refractivity contribution in [3.8, 4) is 0 Å². The molecule has 0 radical (unpaired) electrons. The van der Waals surface area contributed by atoms with Crippen LogP contribution in [0.5, 0.6) is 0 Å². The molecule has 1 rings (SSSR count). The number of carbonyl (C=O) groups is 3. The summed E-state index contributed by atoms with van der Waals surface area (Å²) < 4.78 is 0. The van der Waals surface area contributed by atoms with Gasteiger partial charge in [0.15, 0.2) is 11.6 Å². The van der Waals surface area contributed by atoms with Crippen LogP contribution in [0.4, 0.5) is 0 Å². The van der Waals surface area contributed by atoms with Crippen LogP contribution >= 0.6 is 0 Å². The van der Waals surface area contributed by atoms with E-state index in [0.29, 0.717) is 5.56 Å². The Morgan fingerprint density at radius 1 is 1.00 bits per heavy atom. The van der Waals surface area contributed by atoms with Gasteiger partial charge in [-0.05, 0) is 31.9 Å². The third-order valence-electron chi connectivity index (χ3n) is 2.67. The number of hydrogen-bond acceptors (Lipinski definition) is 3. The molecule has 1 aromatic rings. The number of rotatable bonds is 4. The summed E-state index contributed by atoms with van der Waals surface area (Å²) in [6.07, 6.45) is -0.333. The molecule has 3 heteroatoms. The van der Waals surface area contributed by atoms with E-state index in [4.69, 9.17) is 0 Å². The van der Waals surface area contributed by atoms with Crippen LogP contribution in [-0.4, -0.2) is 17.3 Å². The second-order valence-corrected chi connectivity index (χ2v) is 4.35. The van der Waals surface area contributed by atoms with E-state index in [1.807, 2.05) is 32.9 Å². The van der Waals surface area contributed by atoms with Gasteiger partial charge in [0.25, 0.3) is 0 Å². The van der Waals surface area contributed by atoms with Crippen molar-refractivity contribution in [2.45, 2.75) is 34.1 Å². The molecule has 17 heavy (non-hydrogen) atoms. The van der Waals surface area contributed by atoms with Gasteiger partial charge in [-0.25, -0.2) is 0 Å². The zero-order chi connectivity index (χ0) is 13.2. The van der Waals surface area contributed by atoms with E-state index in [9.17, 15) is 14.4 Å². The summed E-state index contributed by atoms with van der Waals surface area (Å²) in [5, 5.41) is 0. The standard InChI is InChI=1S/C14H16O3/c1-8-5-9(2)14(10(3)6-8)13(17)7-12(16)11(4)15/h5-6H,7H2,1-4H3. The molecule has 0 N–H and O–H groups in total. The van der Waals surface area contributed by atoms with Gasteiger partial charge < -0.3 is 0 Å².